The second-order valence-electron chi connectivity index (χ2n) is 2.17. The Morgan fingerprint density at radius 2 is 2.33 bits per heavy atom. The van der Waals surface area contributed by atoms with E-state index in [-0.39, 0.29) is 0 Å². The molecule has 0 aliphatic carbocycles. The van der Waals surface area contributed by atoms with Gasteiger partial charge in [-0.3, -0.25) is 0 Å². The molecule has 0 amide bonds. The third kappa shape index (κ3) is 1.51. The fourth-order valence-electron chi connectivity index (χ4n) is 0.910. The van der Waals surface area contributed by atoms with Gasteiger partial charge < -0.3 is 3.07 Å². The van der Waals surface area contributed by atoms with Crippen LogP contribution in [0, 0.1) is 0 Å². The zero-order valence-corrected chi connectivity index (χ0v) is 9.48. The molecule has 5 heteroatoms. The van der Waals surface area contributed by atoms with Gasteiger partial charge in [0.25, 0.3) is 5.19 Å². The van der Waals surface area contributed by atoms with Crippen LogP contribution in [0.25, 0.3) is 10.2 Å². The van der Waals surface area contributed by atoms with Crippen LogP contribution >= 0.6 is 45.9 Å². The lowest BCUT2D eigenvalue weighted by Crippen LogP contribution is -1.69. The third-order valence-corrected chi connectivity index (χ3v) is 3.24. The fourth-order valence-corrected chi connectivity index (χ4v) is 2.28. The molecule has 12 heavy (non-hydrogen) atoms. The molecule has 0 bridgehead atoms. The van der Waals surface area contributed by atoms with E-state index in [1.54, 1.807) is 0 Å². The van der Waals surface area contributed by atoms with Crippen LogP contribution < -0.4 is 3.07 Å². The molecule has 0 radical (unpaired) electrons. The van der Waals surface area contributed by atoms with E-state index in [0.29, 0.717) is 5.19 Å². The van der Waals surface area contributed by atoms with E-state index >= 15 is 0 Å². The molecule has 2 nitrogen and oxygen atoms in total. The molecule has 0 aliphatic rings. The van der Waals surface area contributed by atoms with Gasteiger partial charge in [0, 0.05) is 5.02 Å². The number of hydrogen-bond donors (Lipinski definition) is 0. The zero-order valence-electron chi connectivity index (χ0n) is 5.75. The molecular weight excluding hydrogens is 309 g/mol. The predicted molar refractivity (Wildman–Crippen MR) is 59.3 cm³/mol. The first-order valence-corrected chi connectivity index (χ1v) is 5.22. The van der Waals surface area contributed by atoms with Crippen LogP contribution in [-0.2, 0) is 0 Å². The topological polar surface area (TPSA) is 22.1 Å². The van der Waals surface area contributed by atoms with Crippen molar-refractivity contribution in [2.75, 3.05) is 0 Å². The second-order valence-corrected chi connectivity index (χ2v) is 4.04. The minimum Gasteiger partial charge on any atom is -0.399 e. The summed E-state index contributed by atoms with van der Waals surface area (Å²) in [6.07, 6.45) is 0. The number of halogens is 2. The molecule has 0 unspecified atom stereocenters. The van der Waals surface area contributed by atoms with Gasteiger partial charge in [-0.2, -0.15) is 0 Å². The molecule has 1 aromatic heterocycles. The molecular formula is C7H3ClINOS. The number of benzene rings is 1. The number of aromatic nitrogens is 1. The highest BCUT2D eigenvalue weighted by molar-refractivity contribution is 14.1. The molecule has 62 valence electrons. The Morgan fingerprint density at radius 1 is 1.50 bits per heavy atom. The average molecular weight is 312 g/mol. The maximum atomic E-state index is 5.81. The van der Waals surface area contributed by atoms with E-state index in [2.05, 4.69) is 4.98 Å². The van der Waals surface area contributed by atoms with Crippen molar-refractivity contribution in [3.05, 3.63) is 23.2 Å². The molecule has 1 heterocycles. The van der Waals surface area contributed by atoms with Crippen molar-refractivity contribution in [3.8, 4) is 5.19 Å². The summed E-state index contributed by atoms with van der Waals surface area (Å²) < 4.78 is 6.02. The Bertz CT molecular complexity index is 417. The van der Waals surface area contributed by atoms with Crippen molar-refractivity contribution < 1.29 is 3.07 Å². The highest BCUT2D eigenvalue weighted by atomic mass is 127. The molecule has 1 aromatic carbocycles. The molecule has 0 aliphatic heterocycles. The second kappa shape index (κ2) is 3.35. The summed E-state index contributed by atoms with van der Waals surface area (Å²) in [4.78, 5) is 4.20. The number of rotatable bonds is 1. The van der Waals surface area contributed by atoms with Gasteiger partial charge in [-0.25, -0.2) is 4.98 Å². The Labute approximate surface area is 92.2 Å². The number of fused-ring (bicyclic) bond motifs is 1. The van der Waals surface area contributed by atoms with E-state index < -0.39 is 0 Å². The van der Waals surface area contributed by atoms with Gasteiger partial charge in [-0.05, 0) is 18.2 Å². The Morgan fingerprint density at radius 3 is 3.08 bits per heavy atom. The van der Waals surface area contributed by atoms with E-state index in [4.69, 9.17) is 14.7 Å². The van der Waals surface area contributed by atoms with Crippen molar-refractivity contribution in [1.29, 1.82) is 0 Å². The van der Waals surface area contributed by atoms with Gasteiger partial charge in [-0.1, -0.05) is 22.9 Å². The molecule has 2 rings (SSSR count). The molecule has 0 saturated carbocycles. The lowest BCUT2D eigenvalue weighted by atomic mass is 10.3. The Kier molecular flexibility index (Phi) is 2.38. The number of nitrogens with zero attached hydrogens (tertiary/aromatic N) is 1. The maximum Gasteiger partial charge on any atom is 0.284 e. The minimum atomic E-state index is 0.660. The molecule has 0 N–H and O–H groups in total. The maximum absolute atomic E-state index is 5.81. The summed E-state index contributed by atoms with van der Waals surface area (Å²) in [6.45, 7) is 0. The van der Waals surface area contributed by atoms with Gasteiger partial charge in [0.2, 0.25) is 0 Å². The quantitative estimate of drug-likeness (QED) is 0.750. The lowest BCUT2D eigenvalue weighted by molar-refractivity contribution is 0.710. The molecule has 0 saturated heterocycles. The van der Waals surface area contributed by atoms with E-state index in [0.717, 1.165) is 15.2 Å². The number of thiazole rings is 1. The third-order valence-electron chi connectivity index (χ3n) is 1.40. The van der Waals surface area contributed by atoms with Gasteiger partial charge in [0.15, 0.2) is 23.0 Å². The smallest absolute Gasteiger partial charge is 0.284 e. The van der Waals surface area contributed by atoms with Crippen LogP contribution in [0.3, 0.4) is 0 Å². The van der Waals surface area contributed by atoms with Gasteiger partial charge >= 0.3 is 0 Å². The van der Waals surface area contributed by atoms with Crippen molar-refractivity contribution in [2.24, 2.45) is 0 Å². The highest BCUT2D eigenvalue weighted by Crippen LogP contribution is 2.30. The molecule has 2 aromatic rings. The predicted octanol–water partition coefficient (Wildman–Crippen LogP) is 3.68. The van der Waals surface area contributed by atoms with Crippen LogP contribution in [0.1, 0.15) is 0 Å². The zero-order chi connectivity index (χ0) is 8.55. The van der Waals surface area contributed by atoms with E-state index in [9.17, 15) is 0 Å². The first-order chi connectivity index (χ1) is 5.79. The van der Waals surface area contributed by atoms with Crippen LogP contribution in [0.5, 0.6) is 5.19 Å². The Hall–Kier alpha value is -0.0700. The van der Waals surface area contributed by atoms with Gasteiger partial charge in [0.05, 0.1) is 10.2 Å². The van der Waals surface area contributed by atoms with Crippen LogP contribution in [-0.4, -0.2) is 4.98 Å². The largest absolute Gasteiger partial charge is 0.399 e. The highest BCUT2D eigenvalue weighted by Gasteiger charge is 2.03. The first-order valence-electron chi connectivity index (χ1n) is 3.14. The summed E-state index contributed by atoms with van der Waals surface area (Å²) in [6, 6.07) is 5.58. The van der Waals surface area contributed by atoms with Gasteiger partial charge in [-0.15, -0.1) is 0 Å². The normalized spacial score (nSPS) is 10.5. The summed E-state index contributed by atoms with van der Waals surface area (Å²) in [7, 11) is 0. The van der Waals surface area contributed by atoms with Crippen molar-refractivity contribution in [1.82, 2.24) is 4.98 Å². The molecule has 0 fully saturated rings. The standard InChI is InChI=1S/C7H3ClINOS/c8-4-1-2-5-6(3-4)12-7(10-5)11-9/h1-3H. The lowest BCUT2D eigenvalue weighted by Gasteiger charge is -1.86. The van der Waals surface area contributed by atoms with Gasteiger partial charge in [0.1, 0.15) is 0 Å². The van der Waals surface area contributed by atoms with E-state index in [1.165, 1.54) is 11.3 Å². The summed E-state index contributed by atoms with van der Waals surface area (Å²) in [5.74, 6) is 0. The molecule has 0 atom stereocenters. The van der Waals surface area contributed by atoms with Crippen molar-refractivity contribution in [2.45, 2.75) is 0 Å². The minimum absolute atomic E-state index is 0.660. The van der Waals surface area contributed by atoms with Crippen LogP contribution in [0.2, 0.25) is 5.02 Å². The summed E-state index contributed by atoms with van der Waals surface area (Å²) in [5.41, 5.74) is 0.927. The van der Waals surface area contributed by atoms with Crippen molar-refractivity contribution in [3.63, 3.8) is 0 Å². The first kappa shape index (κ1) is 8.52. The van der Waals surface area contributed by atoms with Crippen LogP contribution in [0.15, 0.2) is 18.2 Å². The summed E-state index contributed by atoms with van der Waals surface area (Å²) in [5, 5.41) is 1.39. The Balaban J connectivity index is 2.67. The van der Waals surface area contributed by atoms with Crippen molar-refractivity contribution >= 4 is 56.2 Å². The number of hydrogen-bond acceptors (Lipinski definition) is 3. The average Bonchev–Trinajstić information content (AvgIpc) is 2.46. The molecule has 0 spiro atoms. The monoisotopic (exact) mass is 311 g/mol. The SMILES string of the molecule is Clc1ccc2nc(OI)sc2c1. The van der Waals surface area contributed by atoms with E-state index in [1.807, 2.05) is 41.2 Å². The summed E-state index contributed by atoms with van der Waals surface area (Å²) >= 11 is 9.11. The fraction of sp³-hybridized carbons (Fsp3) is 0. The van der Waals surface area contributed by atoms with Crippen LogP contribution in [0.4, 0.5) is 0 Å².